The molecule has 0 radical (unpaired) electrons. The summed E-state index contributed by atoms with van der Waals surface area (Å²) in [5, 5.41) is 9.42. The lowest BCUT2D eigenvalue weighted by Gasteiger charge is -2.09. The first-order valence-electron chi connectivity index (χ1n) is 8.33. The molecule has 3 heterocycles. The number of halogens is 5. The van der Waals surface area contributed by atoms with Crippen molar-refractivity contribution < 1.29 is 31.4 Å². The number of benzene rings is 1. The topological polar surface area (TPSA) is 61.5 Å². The van der Waals surface area contributed by atoms with Gasteiger partial charge in [0, 0.05) is 11.1 Å². The van der Waals surface area contributed by atoms with Crippen molar-refractivity contribution in [2.75, 3.05) is 0 Å². The molecular weight excluding hydrogens is 431 g/mol. The van der Waals surface area contributed by atoms with E-state index in [2.05, 4.69) is 19.9 Å². The fourth-order valence-electron chi connectivity index (χ4n) is 2.65. The average molecular weight is 442 g/mol. The first kappa shape index (κ1) is 20.0. The van der Waals surface area contributed by atoms with E-state index in [1.54, 1.807) is 0 Å². The monoisotopic (exact) mass is 442 g/mol. The molecule has 0 aliphatic rings. The van der Waals surface area contributed by atoms with Crippen molar-refractivity contribution in [1.82, 2.24) is 19.6 Å². The van der Waals surface area contributed by atoms with E-state index >= 15 is 0 Å². The molecule has 0 aliphatic carbocycles. The molecule has 4 rings (SSSR count). The third kappa shape index (κ3) is 4.17. The van der Waals surface area contributed by atoms with E-state index in [0.717, 1.165) is 6.07 Å². The normalized spacial score (nSPS) is 11.9. The lowest BCUT2D eigenvalue weighted by Crippen LogP contribution is -2.03. The first-order valence-corrected chi connectivity index (χ1v) is 9.21. The molecular formula is C18H11F5N4O2S. The highest BCUT2D eigenvalue weighted by Gasteiger charge is 2.32. The number of hydrogen-bond acceptors (Lipinski definition) is 6. The Bertz CT molecular complexity index is 1160. The van der Waals surface area contributed by atoms with E-state index in [9.17, 15) is 22.0 Å². The van der Waals surface area contributed by atoms with Crippen LogP contribution < -0.4 is 9.47 Å². The van der Waals surface area contributed by atoms with E-state index in [1.165, 1.54) is 46.4 Å². The molecule has 0 saturated carbocycles. The standard InChI is InChI=1S/C18H11F5N4O2S/c19-17(20)29-12-3-1-11(2-4-12)16-26-25-14-6-24-7-15(27(14)16)28-8-10-5-13(30-9-10)18(21,22)23/h1-7,9,17H,8H2. The highest BCUT2D eigenvalue weighted by Crippen LogP contribution is 2.34. The predicted molar refractivity (Wildman–Crippen MR) is 96.5 cm³/mol. The van der Waals surface area contributed by atoms with Gasteiger partial charge in [0.25, 0.3) is 0 Å². The zero-order valence-corrected chi connectivity index (χ0v) is 15.6. The van der Waals surface area contributed by atoms with Gasteiger partial charge in [0.05, 0.1) is 12.4 Å². The van der Waals surface area contributed by atoms with E-state index in [-0.39, 0.29) is 18.2 Å². The molecule has 12 heteroatoms. The summed E-state index contributed by atoms with van der Waals surface area (Å²) in [6.07, 6.45) is -1.60. The van der Waals surface area contributed by atoms with E-state index in [1.807, 2.05) is 0 Å². The van der Waals surface area contributed by atoms with Gasteiger partial charge in [-0.2, -0.15) is 22.0 Å². The zero-order chi connectivity index (χ0) is 21.3. The van der Waals surface area contributed by atoms with E-state index < -0.39 is 17.7 Å². The Hall–Kier alpha value is -3.28. The molecule has 0 bridgehead atoms. The molecule has 0 saturated heterocycles. The SMILES string of the molecule is FC(F)Oc1ccc(-c2nnc3cncc(OCc4csc(C(F)(F)F)c4)n23)cc1. The Morgan fingerprint density at radius 3 is 2.50 bits per heavy atom. The minimum absolute atomic E-state index is 0.0152. The van der Waals surface area contributed by atoms with Crippen molar-refractivity contribution in [2.45, 2.75) is 19.4 Å². The van der Waals surface area contributed by atoms with Crippen LogP contribution in [0.4, 0.5) is 22.0 Å². The molecule has 30 heavy (non-hydrogen) atoms. The first-order chi connectivity index (χ1) is 14.3. The molecule has 1 aromatic carbocycles. The van der Waals surface area contributed by atoms with E-state index in [4.69, 9.17) is 4.74 Å². The van der Waals surface area contributed by atoms with Gasteiger partial charge in [-0.3, -0.25) is 4.98 Å². The maximum atomic E-state index is 12.8. The Morgan fingerprint density at radius 1 is 1.07 bits per heavy atom. The smallest absolute Gasteiger partial charge is 0.425 e. The van der Waals surface area contributed by atoms with Crippen LogP contribution >= 0.6 is 11.3 Å². The molecule has 0 unspecified atom stereocenters. The summed E-state index contributed by atoms with van der Waals surface area (Å²) in [4.78, 5) is 3.28. The van der Waals surface area contributed by atoms with Gasteiger partial charge in [-0.1, -0.05) is 0 Å². The van der Waals surface area contributed by atoms with Gasteiger partial charge >= 0.3 is 12.8 Å². The number of rotatable bonds is 6. The number of nitrogens with zero attached hydrogens (tertiary/aromatic N) is 4. The van der Waals surface area contributed by atoms with Crippen LogP contribution in [0, 0.1) is 0 Å². The second-order valence-corrected chi connectivity index (χ2v) is 6.88. The summed E-state index contributed by atoms with van der Waals surface area (Å²) < 4.78 is 74.4. The lowest BCUT2D eigenvalue weighted by molar-refractivity contribution is -0.134. The minimum atomic E-state index is -4.41. The van der Waals surface area contributed by atoms with Gasteiger partial charge in [0.2, 0.25) is 5.88 Å². The van der Waals surface area contributed by atoms with Crippen molar-refractivity contribution >= 4 is 17.0 Å². The van der Waals surface area contributed by atoms with Crippen LogP contribution in [0.25, 0.3) is 17.0 Å². The molecule has 3 aromatic heterocycles. The number of alkyl halides is 5. The Kier molecular flexibility index (Phi) is 5.24. The fraction of sp³-hybridized carbons (Fsp3) is 0.167. The second kappa shape index (κ2) is 7.86. The summed E-state index contributed by atoms with van der Waals surface area (Å²) in [5.74, 6) is 0.533. The van der Waals surface area contributed by atoms with Gasteiger partial charge in [0.15, 0.2) is 11.5 Å². The Labute approximate surface area is 169 Å². The number of hydrogen-bond donors (Lipinski definition) is 0. The quantitative estimate of drug-likeness (QED) is 0.391. The number of fused-ring (bicyclic) bond motifs is 1. The fourth-order valence-corrected chi connectivity index (χ4v) is 3.42. The van der Waals surface area contributed by atoms with Gasteiger partial charge in [-0.15, -0.1) is 21.5 Å². The van der Waals surface area contributed by atoms with Gasteiger partial charge < -0.3 is 9.47 Å². The minimum Gasteiger partial charge on any atom is -0.473 e. The van der Waals surface area contributed by atoms with Crippen LogP contribution in [0.3, 0.4) is 0 Å². The average Bonchev–Trinajstić information content (AvgIpc) is 3.34. The summed E-state index contributed by atoms with van der Waals surface area (Å²) in [5.41, 5.74) is 1.24. The van der Waals surface area contributed by atoms with Crippen LogP contribution in [0.2, 0.25) is 0 Å². The van der Waals surface area contributed by atoms with Crippen LogP contribution in [-0.4, -0.2) is 26.2 Å². The molecule has 0 N–H and O–H groups in total. The van der Waals surface area contributed by atoms with Crippen molar-refractivity contribution in [3.8, 4) is 23.0 Å². The highest BCUT2D eigenvalue weighted by atomic mass is 32.1. The highest BCUT2D eigenvalue weighted by molar-refractivity contribution is 7.10. The Morgan fingerprint density at radius 2 is 1.83 bits per heavy atom. The molecule has 6 nitrogen and oxygen atoms in total. The van der Waals surface area contributed by atoms with Crippen LogP contribution in [0.5, 0.6) is 11.6 Å². The number of ether oxygens (including phenoxy) is 2. The third-order valence-electron chi connectivity index (χ3n) is 3.94. The second-order valence-electron chi connectivity index (χ2n) is 5.97. The van der Waals surface area contributed by atoms with Crippen molar-refractivity contribution in [1.29, 1.82) is 0 Å². The van der Waals surface area contributed by atoms with Crippen molar-refractivity contribution in [2.24, 2.45) is 0 Å². The number of thiophene rings is 1. The maximum Gasteiger partial charge on any atom is 0.425 e. The summed E-state index contributed by atoms with van der Waals surface area (Å²) in [6.45, 7) is -3.06. The van der Waals surface area contributed by atoms with Crippen molar-refractivity contribution in [3.63, 3.8) is 0 Å². The van der Waals surface area contributed by atoms with Gasteiger partial charge in [-0.25, -0.2) is 4.40 Å². The van der Waals surface area contributed by atoms with Gasteiger partial charge in [0.1, 0.15) is 17.2 Å². The molecule has 0 spiro atoms. The molecule has 0 amide bonds. The van der Waals surface area contributed by atoms with Crippen LogP contribution in [-0.2, 0) is 12.8 Å². The zero-order valence-electron chi connectivity index (χ0n) is 14.8. The molecule has 0 aliphatic heterocycles. The Balaban J connectivity index is 1.60. The largest absolute Gasteiger partial charge is 0.473 e. The maximum absolute atomic E-state index is 12.8. The van der Waals surface area contributed by atoms with Crippen LogP contribution in [0.1, 0.15) is 10.4 Å². The summed E-state index contributed by atoms with van der Waals surface area (Å²) >= 11 is 0.585. The van der Waals surface area contributed by atoms with Crippen molar-refractivity contribution in [3.05, 3.63) is 58.5 Å². The predicted octanol–water partition coefficient (Wildman–Crippen LogP) is 5.05. The van der Waals surface area contributed by atoms with Gasteiger partial charge in [-0.05, 0) is 35.7 Å². The molecule has 0 atom stereocenters. The molecule has 156 valence electrons. The molecule has 4 aromatic rings. The third-order valence-corrected chi connectivity index (χ3v) is 4.96. The molecule has 0 fully saturated rings. The summed E-state index contributed by atoms with van der Waals surface area (Å²) in [6, 6.07) is 6.77. The summed E-state index contributed by atoms with van der Waals surface area (Å²) in [7, 11) is 0. The lowest BCUT2D eigenvalue weighted by atomic mass is 10.2. The number of aromatic nitrogens is 4. The van der Waals surface area contributed by atoms with E-state index in [0.29, 0.717) is 33.9 Å². The van der Waals surface area contributed by atoms with Crippen LogP contribution in [0.15, 0.2) is 48.1 Å².